The molecule has 1 aliphatic rings. The van der Waals surface area contributed by atoms with Crippen molar-refractivity contribution < 1.29 is 5.11 Å². The molecule has 0 saturated heterocycles. The van der Waals surface area contributed by atoms with Crippen LogP contribution < -0.4 is 0 Å². The van der Waals surface area contributed by atoms with Gasteiger partial charge >= 0.3 is 0 Å². The van der Waals surface area contributed by atoms with E-state index in [0.29, 0.717) is 17.6 Å². The second-order valence-corrected chi connectivity index (χ2v) is 5.78. The summed E-state index contributed by atoms with van der Waals surface area (Å²) in [5, 5.41) is 9.29. The van der Waals surface area contributed by atoms with E-state index in [1.165, 1.54) is 29.5 Å². The molecule has 1 N–H and O–H groups in total. The summed E-state index contributed by atoms with van der Waals surface area (Å²) in [5.41, 5.74) is 4.17. The van der Waals surface area contributed by atoms with Gasteiger partial charge in [-0.25, -0.2) is 0 Å². The molecule has 106 valence electrons. The number of aliphatic hydroxyl groups excluding tert-OH is 1. The molecule has 0 radical (unpaired) electrons. The number of allylic oxidation sites excluding steroid dienone is 5. The minimum atomic E-state index is 0.335. The maximum atomic E-state index is 9.29. The van der Waals surface area contributed by atoms with Crippen LogP contribution in [0.25, 0.3) is 0 Å². The molecular formula is C19H24O. The van der Waals surface area contributed by atoms with Crippen LogP contribution in [0.15, 0.2) is 60.4 Å². The molecule has 0 fully saturated rings. The average Bonchev–Trinajstić information content (AvgIpc) is 2.45. The summed E-state index contributed by atoms with van der Waals surface area (Å²) in [6, 6.07) is 8.79. The molecule has 2 rings (SSSR count). The van der Waals surface area contributed by atoms with Crippen LogP contribution in [0, 0.1) is 5.92 Å². The standard InChI is InChI=1S/C19H24O/c1-4-16(11-10-15(3)20)13-19-14(2)9-12-17-7-5-6-8-18(17)19/h4-8,10-11,14,19-20H,1,9,12-13H2,2-3H3/b15-10+,16-11+/t14?,19-/m1/s1. The maximum Gasteiger partial charge on any atom is 0.0891 e. The highest BCUT2D eigenvalue weighted by Gasteiger charge is 2.26. The molecule has 0 spiro atoms. The van der Waals surface area contributed by atoms with Gasteiger partial charge in [-0.15, -0.1) is 0 Å². The van der Waals surface area contributed by atoms with Crippen LogP contribution in [0.3, 0.4) is 0 Å². The van der Waals surface area contributed by atoms with E-state index in [9.17, 15) is 5.11 Å². The summed E-state index contributed by atoms with van der Waals surface area (Å²) in [6.07, 6.45) is 9.06. The first kappa shape index (κ1) is 14.6. The third-order valence-electron chi connectivity index (χ3n) is 4.27. The number of rotatable bonds is 4. The zero-order valence-electron chi connectivity index (χ0n) is 12.5. The largest absolute Gasteiger partial charge is 0.513 e. The van der Waals surface area contributed by atoms with Crippen molar-refractivity contribution in [1.29, 1.82) is 0 Å². The Kier molecular flexibility index (Phi) is 4.84. The monoisotopic (exact) mass is 268 g/mol. The van der Waals surface area contributed by atoms with Crippen molar-refractivity contribution in [2.75, 3.05) is 0 Å². The summed E-state index contributed by atoms with van der Waals surface area (Å²) >= 11 is 0. The van der Waals surface area contributed by atoms with Crippen LogP contribution in [0.1, 0.15) is 43.7 Å². The van der Waals surface area contributed by atoms with E-state index in [0.717, 1.165) is 6.42 Å². The van der Waals surface area contributed by atoms with Gasteiger partial charge < -0.3 is 5.11 Å². The number of hydrogen-bond acceptors (Lipinski definition) is 1. The normalized spacial score (nSPS) is 23.3. The van der Waals surface area contributed by atoms with Gasteiger partial charge in [-0.1, -0.05) is 49.9 Å². The molecule has 0 saturated carbocycles. The Morgan fingerprint density at radius 2 is 2.10 bits per heavy atom. The highest BCUT2D eigenvalue weighted by atomic mass is 16.3. The lowest BCUT2D eigenvalue weighted by molar-refractivity contribution is 0.401. The Hall–Kier alpha value is -1.76. The maximum absolute atomic E-state index is 9.29. The van der Waals surface area contributed by atoms with Gasteiger partial charge in [0.15, 0.2) is 0 Å². The van der Waals surface area contributed by atoms with Gasteiger partial charge in [0, 0.05) is 0 Å². The van der Waals surface area contributed by atoms with Gasteiger partial charge in [0.1, 0.15) is 0 Å². The number of benzene rings is 1. The van der Waals surface area contributed by atoms with Crippen LogP contribution in [-0.4, -0.2) is 5.11 Å². The van der Waals surface area contributed by atoms with E-state index in [2.05, 4.69) is 37.8 Å². The van der Waals surface area contributed by atoms with E-state index in [1.54, 1.807) is 13.0 Å². The molecule has 20 heavy (non-hydrogen) atoms. The van der Waals surface area contributed by atoms with Crippen LogP contribution in [0.2, 0.25) is 0 Å². The summed E-state index contributed by atoms with van der Waals surface area (Å²) in [4.78, 5) is 0. The molecule has 0 aromatic heterocycles. The second-order valence-electron chi connectivity index (χ2n) is 5.78. The fraction of sp³-hybridized carbons (Fsp3) is 0.368. The van der Waals surface area contributed by atoms with Gasteiger partial charge in [0.05, 0.1) is 5.76 Å². The van der Waals surface area contributed by atoms with Crippen molar-refractivity contribution in [1.82, 2.24) is 0 Å². The molecule has 0 aliphatic heterocycles. The van der Waals surface area contributed by atoms with E-state index in [-0.39, 0.29) is 0 Å². The number of hydrogen-bond donors (Lipinski definition) is 1. The predicted molar refractivity (Wildman–Crippen MR) is 86.0 cm³/mol. The van der Waals surface area contributed by atoms with Gasteiger partial charge in [0.2, 0.25) is 0 Å². The first-order chi connectivity index (χ1) is 9.61. The Morgan fingerprint density at radius 3 is 2.80 bits per heavy atom. The van der Waals surface area contributed by atoms with E-state index >= 15 is 0 Å². The van der Waals surface area contributed by atoms with Gasteiger partial charge in [0.25, 0.3) is 0 Å². The van der Waals surface area contributed by atoms with Gasteiger partial charge in [-0.05, 0) is 60.8 Å². The lowest BCUT2D eigenvalue weighted by atomic mass is 9.73. The summed E-state index contributed by atoms with van der Waals surface area (Å²) in [6.45, 7) is 7.94. The van der Waals surface area contributed by atoms with Crippen molar-refractivity contribution in [3.63, 3.8) is 0 Å². The van der Waals surface area contributed by atoms with Crippen molar-refractivity contribution in [3.8, 4) is 0 Å². The quantitative estimate of drug-likeness (QED) is 0.579. The first-order valence-corrected chi connectivity index (χ1v) is 7.38. The average molecular weight is 268 g/mol. The second kappa shape index (κ2) is 6.60. The minimum Gasteiger partial charge on any atom is -0.513 e. The molecule has 2 atom stereocenters. The van der Waals surface area contributed by atoms with E-state index in [4.69, 9.17) is 0 Å². The summed E-state index contributed by atoms with van der Waals surface area (Å²) < 4.78 is 0. The Balaban J connectivity index is 2.25. The molecule has 0 amide bonds. The van der Waals surface area contributed by atoms with Crippen molar-refractivity contribution in [3.05, 3.63) is 71.5 Å². The third kappa shape index (κ3) is 3.41. The zero-order valence-corrected chi connectivity index (χ0v) is 12.5. The van der Waals surface area contributed by atoms with Crippen molar-refractivity contribution >= 4 is 0 Å². The van der Waals surface area contributed by atoms with Crippen LogP contribution in [0.5, 0.6) is 0 Å². The fourth-order valence-electron chi connectivity index (χ4n) is 3.03. The third-order valence-corrected chi connectivity index (χ3v) is 4.27. The molecule has 0 heterocycles. The smallest absolute Gasteiger partial charge is 0.0891 e. The van der Waals surface area contributed by atoms with E-state index < -0.39 is 0 Å². The molecule has 1 aliphatic carbocycles. The lowest BCUT2D eigenvalue weighted by Gasteiger charge is -2.31. The molecule has 1 aromatic carbocycles. The zero-order chi connectivity index (χ0) is 14.5. The van der Waals surface area contributed by atoms with Crippen molar-refractivity contribution in [2.45, 2.75) is 39.0 Å². The topological polar surface area (TPSA) is 20.2 Å². The van der Waals surface area contributed by atoms with Crippen LogP contribution in [-0.2, 0) is 6.42 Å². The van der Waals surface area contributed by atoms with Crippen LogP contribution >= 0.6 is 0 Å². The van der Waals surface area contributed by atoms with Crippen LogP contribution in [0.4, 0.5) is 0 Å². The molecule has 1 nitrogen and oxygen atoms in total. The van der Waals surface area contributed by atoms with E-state index in [1.807, 2.05) is 12.2 Å². The lowest BCUT2D eigenvalue weighted by Crippen LogP contribution is -2.18. The molecule has 1 unspecified atom stereocenters. The highest BCUT2D eigenvalue weighted by molar-refractivity contribution is 5.36. The summed E-state index contributed by atoms with van der Waals surface area (Å²) in [5.74, 6) is 1.57. The Bertz CT molecular complexity index is 532. The molecular weight excluding hydrogens is 244 g/mol. The van der Waals surface area contributed by atoms with Gasteiger partial charge in [-0.3, -0.25) is 0 Å². The van der Waals surface area contributed by atoms with Crippen molar-refractivity contribution in [2.24, 2.45) is 5.92 Å². The summed E-state index contributed by atoms with van der Waals surface area (Å²) in [7, 11) is 0. The van der Waals surface area contributed by atoms with Gasteiger partial charge in [-0.2, -0.15) is 0 Å². The number of fused-ring (bicyclic) bond motifs is 1. The number of aliphatic hydroxyl groups is 1. The molecule has 1 heteroatoms. The minimum absolute atomic E-state index is 0.335. The Labute approximate surface area is 122 Å². The first-order valence-electron chi connectivity index (χ1n) is 7.38. The number of aryl methyl sites for hydroxylation is 1. The Morgan fingerprint density at radius 1 is 1.35 bits per heavy atom. The SMILES string of the molecule is C=C/C(=C\C=C(/C)O)C[C@H]1c2ccccc2CCC1C. The fourth-order valence-corrected chi connectivity index (χ4v) is 3.03. The predicted octanol–water partition coefficient (Wildman–Crippen LogP) is 5.32. The highest BCUT2D eigenvalue weighted by Crippen LogP contribution is 2.39. The molecule has 1 aromatic rings. The molecule has 0 bridgehead atoms.